The smallest absolute Gasteiger partial charge is 0.236 e. The Balaban J connectivity index is 1.53. The number of rotatable bonds is 3. The third-order valence-corrected chi connectivity index (χ3v) is 6.66. The Bertz CT molecular complexity index is 920. The molecule has 1 aliphatic carbocycles. The van der Waals surface area contributed by atoms with Crippen LogP contribution in [0.1, 0.15) is 42.5 Å². The van der Waals surface area contributed by atoms with Crippen LogP contribution in [0.3, 0.4) is 0 Å². The van der Waals surface area contributed by atoms with E-state index in [0.29, 0.717) is 5.56 Å². The lowest BCUT2D eigenvalue weighted by Crippen LogP contribution is -2.49. The Labute approximate surface area is 168 Å². The van der Waals surface area contributed by atoms with Crippen molar-refractivity contribution in [1.82, 2.24) is 9.91 Å². The maximum absolute atomic E-state index is 13.4. The molecule has 4 aliphatic rings. The fraction of sp³-hybridized carbons (Fsp3) is 0.455. The number of nitrogens with zero attached hydrogens (tertiary/aromatic N) is 3. The Morgan fingerprint density at radius 3 is 2.41 bits per heavy atom. The first-order chi connectivity index (χ1) is 14.1. The van der Waals surface area contributed by atoms with Gasteiger partial charge >= 0.3 is 0 Å². The van der Waals surface area contributed by atoms with Crippen LogP contribution in [0.15, 0.2) is 41.5 Å². The van der Waals surface area contributed by atoms with Gasteiger partial charge in [0, 0.05) is 17.8 Å². The van der Waals surface area contributed by atoms with Crippen molar-refractivity contribution in [3.8, 4) is 0 Å². The number of carbonyl (C=O) groups is 3. The minimum absolute atomic E-state index is 0.0690. The highest BCUT2D eigenvalue weighted by atomic mass is 19.1. The highest BCUT2D eigenvalue weighted by Crippen LogP contribution is 2.46. The van der Waals surface area contributed by atoms with E-state index in [-0.39, 0.29) is 23.6 Å². The Hall–Kier alpha value is -2.83. The zero-order chi connectivity index (χ0) is 20.1. The van der Waals surface area contributed by atoms with E-state index in [9.17, 15) is 18.8 Å². The van der Waals surface area contributed by atoms with Crippen LogP contribution < -0.4 is 0 Å². The molecule has 3 aliphatic heterocycles. The summed E-state index contributed by atoms with van der Waals surface area (Å²) in [6, 6.07) is 3.96. The number of hydrogen-bond acceptors (Lipinski definition) is 5. The van der Waals surface area contributed by atoms with Gasteiger partial charge in [0.2, 0.25) is 11.8 Å². The first-order valence-corrected chi connectivity index (χ1v) is 10.2. The molecular weight excluding hydrogens is 373 g/mol. The fourth-order valence-corrected chi connectivity index (χ4v) is 5.34. The van der Waals surface area contributed by atoms with Gasteiger partial charge in [0.05, 0.1) is 17.9 Å². The molecule has 4 atom stereocenters. The summed E-state index contributed by atoms with van der Waals surface area (Å²) in [5, 5.41) is 5.92. The number of ketones is 1. The van der Waals surface area contributed by atoms with E-state index < -0.39 is 29.7 Å². The number of likely N-dealkylation sites (tertiary alicyclic amines) is 1. The summed E-state index contributed by atoms with van der Waals surface area (Å²) in [4.78, 5) is 41.6. The van der Waals surface area contributed by atoms with Gasteiger partial charge in [-0.1, -0.05) is 25.3 Å². The molecule has 0 N–H and O–H groups in total. The number of imide groups is 1. The number of amides is 2. The SMILES string of the molecule is O=C(c1ccc(F)cc1)C1C2C(=O)N(C3CCCCC3)C(=O)C2C2C=CC=NN21. The number of halogens is 1. The summed E-state index contributed by atoms with van der Waals surface area (Å²) in [6.07, 6.45) is 9.97. The van der Waals surface area contributed by atoms with Crippen LogP contribution in [0.25, 0.3) is 0 Å². The molecule has 150 valence electrons. The summed E-state index contributed by atoms with van der Waals surface area (Å²) < 4.78 is 13.3. The Kier molecular flexibility index (Phi) is 4.33. The lowest BCUT2D eigenvalue weighted by Gasteiger charge is -2.34. The van der Waals surface area contributed by atoms with Gasteiger partial charge in [0.25, 0.3) is 0 Å². The predicted molar refractivity (Wildman–Crippen MR) is 103 cm³/mol. The second kappa shape index (κ2) is 6.90. The Morgan fingerprint density at radius 1 is 1.00 bits per heavy atom. The number of benzene rings is 1. The molecule has 0 spiro atoms. The number of hydrogen-bond donors (Lipinski definition) is 0. The van der Waals surface area contributed by atoms with Crippen LogP contribution in [0, 0.1) is 17.7 Å². The van der Waals surface area contributed by atoms with Crippen molar-refractivity contribution in [1.29, 1.82) is 0 Å². The van der Waals surface area contributed by atoms with E-state index >= 15 is 0 Å². The van der Waals surface area contributed by atoms with Crippen LogP contribution in [-0.2, 0) is 9.59 Å². The zero-order valence-corrected chi connectivity index (χ0v) is 15.9. The van der Waals surface area contributed by atoms with Gasteiger partial charge in [-0.2, -0.15) is 5.10 Å². The summed E-state index contributed by atoms with van der Waals surface area (Å²) in [5.41, 5.74) is 0.317. The molecule has 2 saturated heterocycles. The van der Waals surface area contributed by atoms with Crippen LogP contribution >= 0.6 is 0 Å². The topological polar surface area (TPSA) is 70.0 Å². The number of fused-ring (bicyclic) bond motifs is 3. The maximum atomic E-state index is 13.4. The van der Waals surface area contributed by atoms with E-state index in [0.717, 1.165) is 32.1 Å². The Morgan fingerprint density at radius 2 is 1.69 bits per heavy atom. The van der Waals surface area contributed by atoms with Crippen LogP contribution in [-0.4, -0.2) is 51.8 Å². The number of carbonyl (C=O) groups excluding carboxylic acids is 3. The van der Waals surface area contributed by atoms with Gasteiger partial charge in [-0.25, -0.2) is 4.39 Å². The molecule has 0 radical (unpaired) electrons. The number of allylic oxidation sites excluding steroid dienone is 1. The standard InChI is InChI=1S/C22H22FN3O3/c23-14-10-8-13(9-11-14)20(27)19-18-17(16-7-4-12-24-26(16)19)21(28)25(22(18)29)15-5-2-1-3-6-15/h4,7-12,15-19H,1-3,5-6H2. The molecule has 0 bridgehead atoms. The van der Waals surface area contributed by atoms with Gasteiger partial charge in [-0.05, 0) is 43.2 Å². The highest BCUT2D eigenvalue weighted by Gasteiger charge is 2.64. The molecule has 6 nitrogen and oxygen atoms in total. The summed E-state index contributed by atoms with van der Waals surface area (Å²) >= 11 is 0. The van der Waals surface area contributed by atoms with Crippen molar-refractivity contribution in [2.24, 2.45) is 16.9 Å². The van der Waals surface area contributed by atoms with Crippen molar-refractivity contribution in [2.45, 2.75) is 50.2 Å². The van der Waals surface area contributed by atoms with Gasteiger partial charge in [-0.15, -0.1) is 0 Å². The summed E-state index contributed by atoms with van der Waals surface area (Å²) in [7, 11) is 0. The third-order valence-electron chi connectivity index (χ3n) is 6.66. The molecule has 2 amide bonds. The van der Waals surface area contributed by atoms with Crippen molar-refractivity contribution in [3.05, 3.63) is 47.8 Å². The lowest BCUT2D eigenvalue weighted by molar-refractivity contribution is -0.144. The first kappa shape index (κ1) is 18.2. The number of hydrazone groups is 1. The second-order valence-corrected chi connectivity index (χ2v) is 8.23. The predicted octanol–water partition coefficient (Wildman–Crippen LogP) is 2.55. The molecule has 4 unspecified atom stereocenters. The lowest BCUT2D eigenvalue weighted by atomic mass is 9.86. The fourth-order valence-electron chi connectivity index (χ4n) is 5.34. The monoisotopic (exact) mass is 395 g/mol. The normalized spacial score (nSPS) is 31.3. The summed E-state index contributed by atoms with van der Waals surface area (Å²) in [6.45, 7) is 0. The van der Waals surface area contributed by atoms with Crippen molar-refractivity contribution in [2.75, 3.05) is 0 Å². The van der Waals surface area contributed by atoms with E-state index in [1.807, 2.05) is 6.08 Å². The third kappa shape index (κ3) is 2.74. The van der Waals surface area contributed by atoms with Crippen LogP contribution in [0.2, 0.25) is 0 Å². The first-order valence-electron chi connectivity index (χ1n) is 10.2. The average molecular weight is 395 g/mol. The molecule has 5 rings (SSSR count). The van der Waals surface area contributed by atoms with Gasteiger partial charge in [-0.3, -0.25) is 24.3 Å². The minimum Gasteiger partial charge on any atom is -0.292 e. The summed E-state index contributed by atoms with van der Waals surface area (Å²) in [5.74, 6) is -2.54. The van der Waals surface area contributed by atoms with E-state index in [4.69, 9.17) is 0 Å². The molecule has 29 heavy (non-hydrogen) atoms. The van der Waals surface area contributed by atoms with Crippen LogP contribution in [0.5, 0.6) is 0 Å². The highest BCUT2D eigenvalue weighted by molar-refractivity contribution is 6.12. The molecule has 3 fully saturated rings. The van der Waals surface area contributed by atoms with Crippen molar-refractivity contribution < 1.29 is 18.8 Å². The van der Waals surface area contributed by atoms with E-state index in [1.54, 1.807) is 17.3 Å². The minimum atomic E-state index is -0.860. The average Bonchev–Trinajstić information content (AvgIpc) is 3.22. The molecule has 3 heterocycles. The second-order valence-electron chi connectivity index (χ2n) is 8.23. The van der Waals surface area contributed by atoms with Gasteiger partial charge in [0.1, 0.15) is 11.9 Å². The van der Waals surface area contributed by atoms with Gasteiger partial charge in [0.15, 0.2) is 5.78 Å². The maximum Gasteiger partial charge on any atom is 0.236 e. The zero-order valence-electron chi connectivity index (χ0n) is 15.9. The number of Topliss-reactive ketones (excluding diaryl/α,β-unsaturated/α-hetero) is 1. The largest absolute Gasteiger partial charge is 0.292 e. The molecule has 0 aromatic heterocycles. The van der Waals surface area contributed by atoms with Crippen LogP contribution in [0.4, 0.5) is 4.39 Å². The molecule has 1 aromatic rings. The molecule has 1 aromatic carbocycles. The van der Waals surface area contributed by atoms with Gasteiger partial charge < -0.3 is 0 Å². The molecule has 1 saturated carbocycles. The molecule has 7 heteroatoms. The molecular formula is C22H22FN3O3. The van der Waals surface area contributed by atoms with E-state index in [1.165, 1.54) is 29.2 Å². The quantitative estimate of drug-likeness (QED) is 0.583. The van der Waals surface area contributed by atoms with Crippen molar-refractivity contribution in [3.63, 3.8) is 0 Å². The van der Waals surface area contributed by atoms with Crippen molar-refractivity contribution >= 4 is 23.8 Å². The van der Waals surface area contributed by atoms with E-state index in [2.05, 4.69) is 5.10 Å².